The van der Waals surface area contributed by atoms with Crippen LogP contribution < -0.4 is 4.74 Å². The van der Waals surface area contributed by atoms with Gasteiger partial charge in [0.1, 0.15) is 0 Å². The van der Waals surface area contributed by atoms with E-state index in [1.165, 1.54) is 18.2 Å². The van der Waals surface area contributed by atoms with Crippen LogP contribution >= 0.6 is 0 Å². The molecule has 5 nitrogen and oxygen atoms in total. The molecule has 8 heteroatoms. The fourth-order valence-corrected chi connectivity index (χ4v) is 1.85. The van der Waals surface area contributed by atoms with Crippen molar-refractivity contribution in [3.05, 3.63) is 66.8 Å². The van der Waals surface area contributed by atoms with E-state index in [0.717, 1.165) is 6.08 Å². The number of carbonyl (C=O) groups is 1. The first-order valence-corrected chi connectivity index (χ1v) is 6.73. The maximum Gasteiger partial charge on any atom is 0.418 e. The summed E-state index contributed by atoms with van der Waals surface area (Å²) in [4.78, 5) is 14.4. The summed E-state index contributed by atoms with van der Waals surface area (Å²) >= 11 is 0. The van der Waals surface area contributed by atoms with Gasteiger partial charge in [0, 0.05) is 25.0 Å². The highest BCUT2D eigenvalue weighted by Crippen LogP contribution is 2.33. The zero-order valence-corrected chi connectivity index (χ0v) is 12.3. The molecule has 0 radical (unpaired) electrons. The van der Waals surface area contributed by atoms with E-state index in [0.29, 0.717) is 0 Å². The van der Waals surface area contributed by atoms with Gasteiger partial charge in [0.2, 0.25) is 11.6 Å². The smallest absolute Gasteiger partial charge is 0.418 e. The molecule has 0 spiro atoms. The van der Waals surface area contributed by atoms with Gasteiger partial charge >= 0.3 is 12.1 Å². The summed E-state index contributed by atoms with van der Waals surface area (Å²) in [6.07, 6.45) is -0.358. The Balaban J connectivity index is 2.31. The number of nitrogens with zero attached hydrogens (tertiary/aromatic N) is 2. The van der Waals surface area contributed by atoms with Gasteiger partial charge in [-0.1, -0.05) is 12.1 Å². The van der Waals surface area contributed by atoms with Gasteiger partial charge in [0.15, 0.2) is 0 Å². The summed E-state index contributed by atoms with van der Waals surface area (Å²) in [5, 5.41) is 8.69. The third-order valence-corrected chi connectivity index (χ3v) is 2.94. The molecule has 2 heterocycles. The molecule has 2 aromatic rings. The Morgan fingerprint density at radius 3 is 2.54 bits per heavy atom. The van der Waals surface area contributed by atoms with Crippen LogP contribution in [0.2, 0.25) is 0 Å². The minimum atomic E-state index is -4.62. The molecular weight excluding hydrogens is 325 g/mol. The standard InChI is InChI=1S/C16H13F3N2O3/c1-11(15(22)23)24-14-6-4-5-13(20-14)12(16(17,18)19)7-10-21-8-2-3-9-21/h2-9H,1,10H2,(H,22,23)/b12-7+. The molecular formula is C16H13F3N2O3. The van der Waals surface area contributed by atoms with Crippen LogP contribution in [0.5, 0.6) is 5.88 Å². The summed E-state index contributed by atoms with van der Waals surface area (Å²) in [7, 11) is 0. The van der Waals surface area contributed by atoms with Crippen LogP contribution in [-0.2, 0) is 11.3 Å². The maximum atomic E-state index is 13.3. The summed E-state index contributed by atoms with van der Waals surface area (Å²) in [5.41, 5.74) is -1.31. The normalized spacial score (nSPS) is 12.0. The molecule has 0 saturated heterocycles. The molecule has 2 aromatic heterocycles. The first kappa shape index (κ1) is 17.3. The minimum Gasteiger partial charge on any atom is -0.475 e. The van der Waals surface area contributed by atoms with Crippen molar-refractivity contribution in [3.8, 4) is 5.88 Å². The lowest BCUT2D eigenvalue weighted by molar-refractivity contribution is -0.135. The number of aromatic nitrogens is 2. The van der Waals surface area contributed by atoms with Gasteiger partial charge in [-0.2, -0.15) is 13.2 Å². The Kier molecular flexibility index (Phi) is 5.08. The molecule has 126 valence electrons. The third kappa shape index (κ3) is 4.48. The average molecular weight is 338 g/mol. The molecule has 0 amide bonds. The highest BCUT2D eigenvalue weighted by molar-refractivity contribution is 5.83. The van der Waals surface area contributed by atoms with Crippen LogP contribution in [-0.4, -0.2) is 26.8 Å². The summed E-state index contributed by atoms with van der Waals surface area (Å²) in [6, 6.07) is 7.11. The van der Waals surface area contributed by atoms with E-state index in [4.69, 9.17) is 9.84 Å². The molecule has 0 aliphatic rings. The lowest BCUT2D eigenvalue weighted by atomic mass is 10.1. The van der Waals surface area contributed by atoms with Gasteiger partial charge in [0.25, 0.3) is 0 Å². The number of carboxylic acid groups (broad SMARTS) is 1. The van der Waals surface area contributed by atoms with Crippen molar-refractivity contribution in [3.63, 3.8) is 0 Å². The van der Waals surface area contributed by atoms with Crippen LogP contribution in [0.25, 0.3) is 5.57 Å². The molecule has 0 saturated carbocycles. The molecule has 0 fully saturated rings. The van der Waals surface area contributed by atoms with Crippen LogP contribution in [0.4, 0.5) is 13.2 Å². The minimum absolute atomic E-state index is 0.0104. The van der Waals surface area contributed by atoms with Crippen molar-refractivity contribution in [1.82, 2.24) is 9.55 Å². The molecule has 0 aliphatic carbocycles. The molecule has 2 rings (SSSR count). The van der Waals surface area contributed by atoms with Crippen molar-refractivity contribution in [1.29, 1.82) is 0 Å². The number of alkyl halides is 3. The average Bonchev–Trinajstić information content (AvgIpc) is 2.99. The van der Waals surface area contributed by atoms with E-state index in [9.17, 15) is 18.0 Å². The Morgan fingerprint density at radius 2 is 1.96 bits per heavy atom. The number of ether oxygens (including phenoxy) is 1. The largest absolute Gasteiger partial charge is 0.475 e. The van der Waals surface area contributed by atoms with Crippen molar-refractivity contribution in [2.24, 2.45) is 0 Å². The first-order valence-electron chi connectivity index (χ1n) is 6.73. The second-order valence-corrected chi connectivity index (χ2v) is 4.69. The quantitative estimate of drug-likeness (QED) is 0.647. The Morgan fingerprint density at radius 1 is 1.29 bits per heavy atom. The lowest BCUT2D eigenvalue weighted by Gasteiger charge is -2.13. The molecule has 24 heavy (non-hydrogen) atoms. The van der Waals surface area contributed by atoms with Gasteiger partial charge in [-0.3, -0.25) is 0 Å². The monoisotopic (exact) mass is 338 g/mol. The molecule has 0 atom stereocenters. The van der Waals surface area contributed by atoms with Crippen molar-refractivity contribution < 1.29 is 27.8 Å². The van der Waals surface area contributed by atoms with E-state index >= 15 is 0 Å². The molecule has 1 N–H and O–H groups in total. The van der Waals surface area contributed by atoms with Crippen molar-refractivity contribution in [2.75, 3.05) is 0 Å². The van der Waals surface area contributed by atoms with Gasteiger partial charge in [0.05, 0.1) is 11.3 Å². The number of hydrogen-bond acceptors (Lipinski definition) is 3. The number of carboxylic acids is 1. The molecule has 0 aliphatic heterocycles. The number of rotatable bonds is 6. The van der Waals surface area contributed by atoms with Crippen LogP contribution in [0.3, 0.4) is 0 Å². The Labute approximate surface area is 135 Å². The number of halogens is 3. The Bertz CT molecular complexity index is 765. The zero-order valence-electron chi connectivity index (χ0n) is 12.3. The summed E-state index contributed by atoms with van der Waals surface area (Å²) < 4.78 is 46.3. The van der Waals surface area contributed by atoms with E-state index in [1.54, 1.807) is 29.1 Å². The topological polar surface area (TPSA) is 64.4 Å². The summed E-state index contributed by atoms with van der Waals surface area (Å²) in [6.45, 7) is 3.15. The van der Waals surface area contributed by atoms with Gasteiger partial charge < -0.3 is 14.4 Å². The number of pyridine rings is 1. The SMILES string of the molecule is C=C(Oc1cccc(/C(=C\Cn2cccc2)C(F)(F)F)n1)C(=O)O. The van der Waals surface area contributed by atoms with Gasteiger partial charge in [-0.15, -0.1) is 0 Å². The highest BCUT2D eigenvalue weighted by atomic mass is 19.4. The van der Waals surface area contributed by atoms with Crippen molar-refractivity contribution >= 4 is 11.5 Å². The highest BCUT2D eigenvalue weighted by Gasteiger charge is 2.35. The molecule has 0 bridgehead atoms. The predicted molar refractivity (Wildman–Crippen MR) is 80.1 cm³/mol. The van der Waals surface area contributed by atoms with E-state index in [1.807, 2.05) is 0 Å². The second kappa shape index (κ2) is 7.03. The van der Waals surface area contributed by atoms with Crippen LogP contribution in [0.15, 0.2) is 61.1 Å². The van der Waals surface area contributed by atoms with E-state index < -0.39 is 23.5 Å². The van der Waals surface area contributed by atoms with Crippen LogP contribution in [0.1, 0.15) is 5.69 Å². The van der Waals surface area contributed by atoms with Crippen molar-refractivity contribution in [2.45, 2.75) is 12.7 Å². The summed E-state index contributed by atoms with van der Waals surface area (Å²) in [5.74, 6) is -2.35. The van der Waals surface area contributed by atoms with Gasteiger partial charge in [-0.25, -0.2) is 9.78 Å². The number of allylic oxidation sites excluding steroid dienone is 2. The fraction of sp³-hybridized carbons (Fsp3) is 0.125. The van der Waals surface area contributed by atoms with Gasteiger partial charge in [-0.05, 0) is 24.8 Å². The first-order chi connectivity index (χ1) is 11.3. The number of aliphatic carboxylic acids is 1. The molecule has 0 aromatic carbocycles. The van der Waals surface area contributed by atoms with E-state index in [-0.39, 0.29) is 18.1 Å². The lowest BCUT2D eigenvalue weighted by Crippen LogP contribution is -2.14. The third-order valence-electron chi connectivity index (χ3n) is 2.94. The van der Waals surface area contributed by atoms with Crippen LogP contribution in [0, 0.1) is 0 Å². The fourth-order valence-electron chi connectivity index (χ4n) is 1.85. The zero-order chi connectivity index (χ0) is 17.7. The predicted octanol–water partition coefficient (Wildman–Crippen LogP) is 3.51. The maximum absolute atomic E-state index is 13.3. The Hall–Kier alpha value is -3.03. The van der Waals surface area contributed by atoms with E-state index in [2.05, 4.69) is 11.6 Å². The second-order valence-electron chi connectivity index (χ2n) is 4.69. The molecule has 0 unspecified atom stereocenters. The number of hydrogen-bond donors (Lipinski definition) is 1.